The van der Waals surface area contributed by atoms with Crippen LogP contribution >= 0.6 is 23.5 Å². The van der Waals surface area contributed by atoms with Crippen LogP contribution in [-0.2, 0) is 10.0 Å². The average molecular weight is 378 g/mol. The van der Waals surface area contributed by atoms with Gasteiger partial charge in [-0.25, -0.2) is 8.42 Å². The van der Waals surface area contributed by atoms with Gasteiger partial charge in [0.15, 0.2) is 0 Å². The second-order valence-corrected chi connectivity index (χ2v) is 9.21. The molecule has 8 heteroatoms. The molecule has 24 heavy (non-hydrogen) atoms. The van der Waals surface area contributed by atoms with Crippen molar-refractivity contribution in [3.05, 3.63) is 53.6 Å². The number of nitrogens with zero attached hydrogens (tertiary/aromatic N) is 3. The lowest BCUT2D eigenvalue weighted by molar-refractivity contribution is 0.435. The molecule has 0 spiro atoms. The lowest BCUT2D eigenvalue weighted by Gasteiger charge is -2.23. The smallest absolute Gasteiger partial charge is 0.207 e. The molecule has 1 fully saturated rings. The maximum atomic E-state index is 13.2. The predicted octanol–water partition coefficient (Wildman–Crippen LogP) is 3.44. The zero-order valence-corrected chi connectivity index (χ0v) is 15.4. The van der Waals surface area contributed by atoms with E-state index in [2.05, 4.69) is 8.75 Å². The Morgan fingerprint density at radius 3 is 2.71 bits per heavy atom. The maximum Gasteiger partial charge on any atom is 0.246 e. The third kappa shape index (κ3) is 2.63. The van der Waals surface area contributed by atoms with Crippen LogP contribution in [0.2, 0.25) is 0 Å². The highest BCUT2D eigenvalue weighted by Gasteiger charge is 2.38. The van der Waals surface area contributed by atoms with Gasteiger partial charge in [-0.15, -0.1) is 11.8 Å². The van der Waals surface area contributed by atoms with E-state index in [-0.39, 0.29) is 10.3 Å². The van der Waals surface area contributed by atoms with Gasteiger partial charge < -0.3 is 0 Å². The molecule has 0 bridgehead atoms. The molecule has 4 rings (SSSR count). The van der Waals surface area contributed by atoms with Crippen LogP contribution in [0.1, 0.15) is 16.5 Å². The summed E-state index contributed by atoms with van der Waals surface area (Å²) < 4.78 is 36.4. The summed E-state index contributed by atoms with van der Waals surface area (Å²) in [5.41, 5.74) is 3.26. The first-order chi connectivity index (χ1) is 11.6. The minimum absolute atomic E-state index is 0.197. The fourth-order valence-electron chi connectivity index (χ4n) is 2.81. The first-order valence-electron chi connectivity index (χ1n) is 7.49. The summed E-state index contributed by atoms with van der Waals surface area (Å²) in [5.74, 6) is 0.781. The maximum absolute atomic E-state index is 13.2. The van der Waals surface area contributed by atoms with Crippen molar-refractivity contribution in [3.63, 3.8) is 0 Å². The van der Waals surface area contributed by atoms with E-state index < -0.39 is 10.0 Å². The first-order valence-corrected chi connectivity index (χ1v) is 10.7. The lowest BCUT2D eigenvalue weighted by Crippen LogP contribution is -2.30. The monoisotopic (exact) mass is 377 g/mol. The highest BCUT2D eigenvalue weighted by atomic mass is 32.2. The van der Waals surface area contributed by atoms with E-state index in [1.54, 1.807) is 34.3 Å². The van der Waals surface area contributed by atoms with E-state index in [1.165, 1.54) is 0 Å². The van der Waals surface area contributed by atoms with E-state index in [0.717, 1.165) is 28.6 Å². The molecule has 0 N–H and O–H groups in total. The van der Waals surface area contributed by atoms with Crippen LogP contribution < -0.4 is 0 Å². The van der Waals surface area contributed by atoms with Crippen molar-refractivity contribution in [2.24, 2.45) is 0 Å². The molecule has 1 saturated heterocycles. The Morgan fingerprint density at radius 1 is 1.12 bits per heavy atom. The van der Waals surface area contributed by atoms with Crippen molar-refractivity contribution in [3.8, 4) is 0 Å². The fraction of sp³-hybridized carbons (Fsp3) is 0.250. The standard InChI is InChI=1S/C16H15N3O2S3/c1-11-5-7-12(8-6-11)16-19(9-10-22-16)24(20,21)14-4-2-3-13-15(14)18-23-17-13/h2-8,16H,9-10H2,1H3. The number of benzene rings is 2. The summed E-state index contributed by atoms with van der Waals surface area (Å²) in [6.07, 6.45) is 0. The second kappa shape index (κ2) is 6.11. The molecule has 0 amide bonds. The average Bonchev–Trinajstić information content (AvgIpc) is 3.24. The number of rotatable bonds is 3. The third-order valence-corrected chi connectivity index (χ3v) is 7.88. The number of aryl methyl sites for hydroxylation is 1. The number of fused-ring (bicyclic) bond motifs is 1. The number of hydrogen-bond acceptors (Lipinski definition) is 6. The Labute approximate surface area is 149 Å². The molecular weight excluding hydrogens is 362 g/mol. The van der Waals surface area contributed by atoms with Crippen molar-refractivity contribution in [1.82, 2.24) is 13.1 Å². The minimum Gasteiger partial charge on any atom is -0.207 e. The topological polar surface area (TPSA) is 63.2 Å². The van der Waals surface area contributed by atoms with Gasteiger partial charge in [-0.3, -0.25) is 0 Å². The molecule has 5 nitrogen and oxygen atoms in total. The summed E-state index contributed by atoms with van der Waals surface area (Å²) in [4.78, 5) is 0.244. The van der Waals surface area contributed by atoms with Crippen LogP contribution in [0.15, 0.2) is 47.4 Å². The van der Waals surface area contributed by atoms with Crippen molar-refractivity contribution in [2.75, 3.05) is 12.3 Å². The van der Waals surface area contributed by atoms with Gasteiger partial charge in [-0.2, -0.15) is 13.1 Å². The lowest BCUT2D eigenvalue weighted by atomic mass is 10.1. The number of thioether (sulfide) groups is 1. The Balaban J connectivity index is 1.78. The molecule has 1 aliphatic rings. The van der Waals surface area contributed by atoms with Crippen molar-refractivity contribution < 1.29 is 8.42 Å². The van der Waals surface area contributed by atoms with Gasteiger partial charge in [0.25, 0.3) is 0 Å². The van der Waals surface area contributed by atoms with Crippen LogP contribution in [-0.4, -0.2) is 33.8 Å². The predicted molar refractivity (Wildman–Crippen MR) is 97.7 cm³/mol. The van der Waals surface area contributed by atoms with Crippen molar-refractivity contribution in [1.29, 1.82) is 0 Å². The molecule has 1 unspecified atom stereocenters. The Hall–Kier alpha value is -1.48. The number of sulfonamides is 1. The van der Waals surface area contributed by atoms with Crippen LogP contribution in [0.4, 0.5) is 0 Å². The second-order valence-electron chi connectivity index (χ2n) is 5.64. The normalized spacial score (nSPS) is 19.1. The molecule has 2 heterocycles. The summed E-state index contributed by atoms with van der Waals surface area (Å²) >= 11 is 2.69. The quantitative estimate of drug-likeness (QED) is 0.700. The van der Waals surface area contributed by atoms with Gasteiger partial charge in [0.2, 0.25) is 10.0 Å². The Morgan fingerprint density at radius 2 is 1.92 bits per heavy atom. The van der Waals surface area contributed by atoms with Crippen LogP contribution in [0.25, 0.3) is 11.0 Å². The molecule has 0 aliphatic carbocycles. The van der Waals surface area contributed by atoms with Gasteiger partial charge >= 0.3 is 0 Å². The highest BCUT2D eigenvalue weighted by molar-refractivity contribution is 8.01. The fourth-order valence-corrected chi connectivity index (χ4v) is 6.81. The summed E-state index contributed by atoms with van der Waals surface area (Å²) in [6.45, 7) is 2.52. The molecule has 1 aliphatic heterocycles. The van der Waals surface area contributed by atoms with Gasteiger partial charge in [0.05, 0.1) is 17.1 Å². The van der Waals surface area contributed by atoms with E-state index in [0.29, 0.717) is 17.6 Å². The Bertz CT molecular complexity index is 983. The van der Waals surface area contributed by atoms with Crippen LogP contribution in [0.3, 0.4) is 0 Å². The molecule has 2 aromatic carbocycles. The molecular formula is C16H15N3O2S3. The molecule has 124 valence electrons. The summed E-state index contributed by atoms with van der Waals surface area (Å²) in [5, 5.41) is -0.197. The van der Waals surface area contributed by atoms with Gasteiger partial charge in [0, 0.05) is 12.3 Å². The molecule has 3 aromatic rings. The summed E-state index contributed by atoms with van der Waals surface area (Å²) in [7, 11) is -3.63. The largest absolute Gasteiger partial charge is 0.246 e. The molecule has 0 saturated carbocycles. The van der Waals surface area contributed by atoms with Crippen molar-refractivity contribution >= 4 is 44.5 Å². The van der Waals surface area contributed by atoms with E-state index in [9.17, 15) is 8.42 Å². The zero-order chi connectivity index (χ0) is 16.7. The molecule has 1 aromatic heterocycles. The van der Waals surface area contributed by atoms with E-state index in [4.69, 9.17) is 0 Å². The first kappa shape index (κ1) is 16.0. The van der Waals surface area contributed by atoms with Crippen LogP contribution in [0.5, 0.6) is 0 Å². The zero-order valence-electron chi connectivity index (χ0n) is 12.9. The number of hydrogen-bond donors (Lipinski definition) is 0. The Kier molecular flexibility index (Phi) is 4.07. The molecule has 1 atom stereocenters. The SMILES string of the molecule is Cc1ccc(C2SCCN2S(=O)(=O)c2cccc3nsnc23)cc1. The van der Waals surface area contributed by atoms with Gasteiger partial charge in [0.1, 0.15) is 15.9 Å². The summed E-state index contributed by atoms with van der Waals surface area (Å²) in [6, 6.07) is 13.2. The van der Waals surface area contributed by atoms with Crippen molar-refractivity contribution in [2.45, 2.75) is 17.2 Å². The van der Waals surface area contributed by atoms with Gasteiger partial charge in [-0.1, -0.05) is 35.9 Å². The van der Waals surface area contributed by atoms with E-state index in [1.807, 2.05) is 31.2 Å². The van der Waals surface area contributed by atoms with E-state index >= 15 is 0 Å². The van der Waals surface area contributed by atoms with Gasteiger partial charge in [-0.05, 0) is 24.6 Å². The number of aromatic nitrogens is 2. The highest BCUT2D eigenvalue weighted by Crippen LogP contribution is 2.42. The van der Waals surface area contributed by atoms with Crippen LogP contribution in [0, 0.1) is 6.92 Å². The molecule has 0 radical (unpaired) electrons. The minimum atomic E-state index is -3.63. The third-order valence-electron chi connectivity index (χ3n) is 4.05.